The van der Waals surface area contributed by atoms with E-state index in [9.17, 15) is 9.18 Å². The first-order chi connectivity index (χ1) is 8.66. The molecule has 0 spiro atoms. The lowest BCUT2D eigenvalue weighted by molar-refractivity contribution is 0.0933. The second-order valence-electron chi connectivity index (χ2n) is 4.79. The van der Waals surface area contributed by atoms with Crippen molar-refractivity contribution in [2.24, 2.45) is 0 Å². The Morgan fingerprint density at radius 2 is 1.89 bits per heavy atom. The topological polar surface area (TPSA) is 29.1 Å². The van der Waals surface area contributed by atoms with Crippen molar-refractivity contribution in [1.29, 1.82) is 0 Å². The van der Waals surface area contributed by atoms with E-state index in [1.807, 2.05) is 0 Å². The molecular weight excluding hydrogens is 253 g/mol. The van der Waals surface area contributed by atoms with Gasteiger partial charge in [-0.05, 0) is 31.0 Å². The molecule has 1 amide bonds. The number of benzene rings is 1. The Bertz CT molecular complexity index is 428. The smallest absolute Gasteiger partial charge is 0.253 e. The minimum Gasteiger partial charge on any atom is -0.349 e. The minimum atomic E-state index is -0.425. The molecule has 2 nitrogen and oxygen atoms in total. The highest BCUT2D eigenvalue weighted by Crippen LogP contribution is 2.20. The maximum absolute atomic E-state index is 12.9. The molecule has 2 rings (SSSR count). The van der Waals surface area contributed by atoms with Gasteiger partial charge in [-0.2, -0.15) is 0 Å². The second kappa shape index (κ2) is 6.19. The first kappa shape index (κ1) is 13.3. The highest BCUT2D eigenvalue weighted by atomic mass is 35.5. The van der Waals surface area contributed by atoms with Crippen LogP contribution >= 0.6 is 11.6 Å². The maximum Gasteiger partial charge on any atom is 0.253 e. The van der Waals surface area contributed by atoms with Gasteiger partial charge in [-0.25, -0.2) is 4.39 Å². The van der Waals surface area contributed by atoms with Crippen LogP contribution < -0.4 is 5.32 Å². The Kier molecular flexibility index (Phi) is 4.59. The Labute approximate surface area is 112 Å². The van der Waals surface area contributed by atoms with Gasteiger partial charge in [0.05, 0.1) is 10.6 Å². The molecule has 0 atom stereocenters. The van der Waals surface area contributed by atoms with Crippen LogP contribution in [0.25, 0.3) is 0 Å². The van der Waals surface area contributed by atoms with E-state index in [2.05, 4.69) is 5.32 Å². The average molecular weight is 270 g/mol. The van der Waals surface area contributed by atoms with Crippen molar-refractivity contribution in [3.8, 4) is 0 Å². The third-order valence-electron chi connectivity index (χ3n) is 3.37. The molecule has 18 heavy (non-hydrogen) atoms. The first-order valence-corrected chi connectivity index (χ1v) is 6.80. The number of carbonyl (C=O) groups excluding carboxylic acids is 1. The van der Waals surface area contributed by atoms with Crippen LogP contribution in [-0.4, -0.2) is 11.9 Å². The Morgan fingerprint density at radius 1 is 1.22 bits per heavy atom. The molecule has 0 aromatic heterocycles. The van der Waals surface area contributed by atoms with E-state index in [1.165, 1.54) is 31.0 Å². The van der Waals surface area contributed by atoms with E-state index in [4.69, 9.17) is 11.6 Å². The normalized spacial score (nSPS) is 17.2. The average Bonchev–Trinajstić information content (AvgIpc) is 2.57. The molecule has 1 aromatic rings. The number of hydrogen-bond donors (Lipinski definition) is 1. The summed E-state index contributed by atoms with van der Waals surface area (Å²) in [6, 6.07) is 4.09. The zero-order valence-corrected chi connectivity index (χ0v) is 11.0. The number of hydrogen-bond acceptors (Lipinski definition) is 1. The molecule has 1 aliphatic rings. The molecular formula is C14H17ClFNO. The summed E-state index contributed by atoms with van der Waals surface area (Å²) in [6.07, 6.45) is 6.83. The van der Waals surface area contributed by atoms with Crippen molar-refractivity contribution < 1.29 is 9.18 Å². The van der Waals surface area contributed by atoms with E-state index < -0.39 is 5.82 Å². The van der Waals surface area contributed by atoms with Gasteiger partial charge in [-0.3, -0.25) is 4.79 Å². The molecule has 1 N–H and O–H groups in total. The lowest BCUT2D eigenvalue weighted by Crippen LogP contribution is -2.34. The molecule has 0 bridgehead atoms. The van der Waals surface area contributed by atoms with Gasteiger partial charge >= 0.3 is 0 Å². The summed E-state index contributed by atoms with van der Waals surface area (Å²) in [5.74, 6) is -0.627. The van der Waals surface area contributed by atoms with Crippen LogP contribution in [0.2, 0.25) is 5.02 Å². The third kappa shape index (κ3) is 3.45. The van der Waals surface area contributed by atoms with Gasteiger partial charge < -0.3 is 5.32 Å². The monoisotopic (exact) mass is 269 g/mol. The summed E-state index contributed by atoms with van der Waals surface area (Å²) < 4.78 is 12.9. The predicted molar refractivity (Wildman–Crippen MR) is 70.4 cm³/mol. The molecule has 0 aliphatic heterocycles. The van der Waals surface area contributed by atoms with Gasteiger partial charge in [-0.1, -0.05) is 37.3 Å². The minimum absolute atomic E-state index is 0.168. The van der Waals surface area contributed by atoms with E-state index in [0.717, 1.165) is 25.7 Å². The van der Waals surface area contributed by atoms with Crippen molar-refractivity contribution in [2.45, 2.75) is 44.6 Å². The highest BCUT2D eigenvalue weighted by Gasteiger charge is 2.17. The van der Waals surface area contributed by atoms with Crippen LogP contribution in [0, 0.1) is 5.82 Å². The maximum atomic E-state index is 12.9. The largest absolute Gasteiger partial charge is 0.349 e. The number of amides is 1. The summed E-state index contributed by atoms with van der Waals surface area (Å²) in [6.45, 7) is 0. The SMILES string of the molecule is O=C(NC1CCCCCC1)c1ccc(F)cc1Cl. The fraction of sp³-hybridized carbons (Fsp3) is 0.500. The molecule has 1 aromatic carbocycles. The van der Waals surface area contributed by atoms with Gasteiger partial charge in [0.15, 0.2) is 0 Å². The van der Waals surface area contributed by atoms with Crippen LogP contribution in [-0.2, 0) is 0 Å². The summed E-state index contributed by atoms with van der Waals surface area (Å²) >= 11 is 5.87. The molecule has 1 saturated carbocycles. The van der Waals surface area contributed by atoms with Crippen molar-refractivity contribution in [3.05, 3.63) is 34.6 Å². The quantitative estimate of drug-likeness (QED) is 0.810. The molecule has 1 fully saturated rings. The summed E-state index contributed by atoms with van der Waals surface area (Å²) in [7, 11) is 0. The van der Waals surface area contributed by atoms with Gasteiger partial charge in [0, 0.05) is 6.04 Å². The van der Waals surface area contributed by atoms with Crippen molar-refractivity contribution in [1.82, 2.24) is 5.32 Å². The summed E-state index contributed by atoms with van der Waals surface area (Å²) in [5.41, 5.74) is 0.349. The van der Waals surface area contributed by atoms with Gasteiger partial charge in [-0.15, -0.1) is 0 Å². The third-order valence-corrected chi connectivity index (χ3v) is 3.68. The Balaban J connectivity index is 2.02. The lowest BCUT2D eigenvalue weighted by atomic mass is 10.1. The van der Waals surface area contributed by atoms with Gasteiger partial charge in [0.2, 0.25) is 0 Å². The highest BCUT2D eigenvalue weighted by molar-refractivity contribution is 6.33. The molecule has 0 unspecified atom stereocenters. The van der Waals surface area contributed by atoms with Crippen molar-refractivity contribution in [2.75, 3.05) is 0 Å². The molecule has 0 radical (unpaired) electrons. The van der Waals surface area contributed by atoms with Crippen LogP contribution in [0.1, 0.15) is 48.9 Å². The number of carbonyl (C=O) groups is 1. The molecule has 4 heteroatoms. The van der Waals surface area contributed by atoms with Crippen LogP contribution in [0.5, 0.6) is 0 Å². The molecule has 98 valence electrons. The van der Waals surface area contributed by atoms with Gasteiger partial charge in [0.1, 0.15) is 5.82 Å². The van der Waals surface area contributed by atoms with Crippen LogP contribution in [0.3, 0.4) is 0 Å². The predicted octanol–water partition coefficient (Wildman–Crippen LogP) is 3.93. The lowest BCUT2D eigenvalue weighted by Gasteiger charge is -2.16. The molecule has 1 aliphatic carbocycles. The van der Waals surface area contributed by atoms with E-state index in [1.54, 1.807) is 0 Å². The van der Waals surface area contributed by atoms with E-state index in [0.29, 0.717) is 5.56 Å². The zero-order valence-electron chi connectivity index (χ0n) is 10.2. The van der Waals surface area contributed by atoms with Crippen LogP contribution in [0.4, 0.5) is 4.39 Å². The molecule has 0 heterocycles. The number of rotatable bonds is 2. The van der Waals surface area contributed by atoms with E-state index in [-0.39, 0.29) is 17.0 Å². The Hall–Kier alpha value is -1.09. The van der Waals surface area contributed by atoms with Gasteiger partial charge in [0.25, 0.3) is 5.91 Å². The standard InChI is InChI=1S/C14H17ClFNO/c15-13-9-10(16)7-8-12(13)14(18)17-11-5-3-1-2-4-6-11/h7-9,11H,1-6H2,(H,17,18). The number of halogens is 2. The van der Waals surface area contributed by atoms with Crippen molar-refractivity contribution in [3.63, 3.8) is 0 Å². The zero-order chi connectivity index (χ0) is 13.0. The summed E-state index contributed by atoms with van der Waals surface area (Å²) in [5, 5.41) is 3.16. The fourth-order valence-corrected chi connectivity index (χ4v) is 2.61. The fourth-order valence-electron chi connectivity index (χ4n) is 2.36. The Morgan fingerprint density at radius 3 is 2.50 bits per heavy atom. The van der Waals surface area contributed by atoms with Crippen molar-refractivity contribution >= 4 is 17.5 Å². The second-order valence-corrected chi connectivity index (χ2v) is 5.19. The van der Waals surface area contributed by atoms with E-state index >= 15 is 0 Å². The van der Waals surface area contributed by atoms with Crippen LogP contribution in [0.15, 0.2) is 18.2 Å². The first-order valence-electron chi connectivity index (χ1n) is 6.43. The summed E-state index contributed by atoms with van der Waals surface area (Å²) in [4.78, 5) is 12.0. The molecule has 0 saturated heterocycles. The number of nitrogens with one attached hydrogen (secondary N) is 1.